The SMILES string of the molecule is CC(C)c1nc(Cn2ccc(C(O)C(F)(F)F)c2)no1. The minimum Gasteiger partial charge on any atom is -0.379 e. The third-order valence-corrected chi connectivity index (χ3v) is 2.70. The number of alkyl halides is 3. The van der Waals surface area contributed by atoms with Gasteiger partial charge in [-0.15, -0.1) is 0 Å². The summed E-state index contributed by atoms with van der Waals surface area (Å²) in [5.74, 6) is 0.934. The summed E-state index contributed by atoms with van der Waals surface area (Å²) < 4.78 is 43.6. The van der Waals surface area contributed by atoms with Gasteiger partial charge in [-0.1, -0.05) is 19.0 Å². The summed E-state index contributed by atoms with van der Waals surface area (Å²) in [6.45, 7) is 3.97. The van der Waals surface area contributed by atoms with Gasteiger partial charge >= 0.3 is 6.18 Å². The molecule has 0 saturated heterocycles. The van der Waals surface area contributed by atoms with Crippen molar-refractivity contribution in [3.05, 3.63) is 35.7 Å². The van der Waals surface area contributed by atoms with Crippen molar-refractivity contribution < 1.29 is 22.8 Å². The Kier molecular flexibility index (Phi) is 3.85. The van der Waals surface area contributed by atoms with Crippen LogP contribution in [0.1, 0.15) is 43.1 Å². The van der Waals surface area contributed by atoms with E-state index in [4.69, 9.17) is 9.63 Å². The van der Waals surface area contributed by atoms with Crippen LogP contribution in [0, 0.1) is 0 Å². The molecule has 0 aliphatic carbocycles. The highest BCUT2D eigenvalue weighted by Crippen LogP contribution is 2.32. The summed E-state index contributed by atoms with van der Waals surface area (Å²) in [4.78, 5) is 4.12. The summed E-state index contributed by atoms with van der Waals surface area (Å²) in [6.07, 6.45) is -4.53. The third kappa shape index (κ3) is 3.19. The number of nitrogens with zero attached hydrogens (tertiary/aromatic N) is 3. The van der Waals surface area contributed by atoms with Crippen molar-refractivity contribution in [3.63, 3.8) is 0 Å². The monoisotopic (exact) mass is 289 g/mol. The second-order valence-corrected chi connectivity index (χ2v) is 4.76. The molecule has 1 N–H and O–H groups in total. The molecule has 1 atom stereocenters. The fraction of sp³-hybridized carbons (Fsp3) is 0.500. The Hall–Kier alpha value is -1.83. The van der Waals surface area contributed by atoms with E-state index in [1.54, 1.807) is 0 Å². The Balaban J connectivity index is 2.09. The quantitative estimate of drug-likeness (QED) is 0.939. The lowest BCUT2D eigenvalue weighted by molar-refractivity contribution is -0.206. The highest BCUT2D eigenvalue weighted by Gasteiger charge is 2.39. The average molecular weight is 289 g/mol. The minimum atomic E-state index is -4.68. The van der Waals surface area contributed by atoms with E-state index in [2.05, 4.69) is 10.1 Å². The molecule has 1 unspecified atom stereocenters. The molecule has 0 amide bonds. The van der Waals surface area contributed by atoms with E-state index in [-0.39, 0.29) is 18.0 Å². The lowest BCUT2D eigenvalue weighted by Crippen LogP contribution is -2.19. The number of aliphatic hydroxyl groups is 1. The van der Waals surface area contributed by atoms with Gasteiger partial charge in [-0.05, 0) is 6.07 Å². The number of hydrogen-bond acceptors (Lipinski definition) is 4. The van der Waals surface area contributed by atoms with Crippen LogP contribution >= 0.6 is 0 Å². The van der Waals surface area contributed by atoms with Crippen molar-refractivity contribution in [2.24, 2.45) is 0 Å². The first-order valence-electron chi connectivity index (χ1n) is 6.00. The molecule has 5 nitrogen and oxygen atoms in total. The van der Waals surface area contributed by atoms with Gasteiger partial charge in [0, 0.05) is 23.9 Å². The van der Waals surface area contributed by atoms with Gasteiger partial charge in [-0.3, -0.25) is 0 Å². The first-order valence-corrected chi connectivity index (χ1v) is 6.00. The maximum atomic E-state index is 12.4. The Labute approximate surface area is 113 Å². The van der Waals surface area contributed by atoms with Gasteiger partial charge in [0.25, 0.3) is 0 Å². The van der Waals surface area contributed by atoms with Crippen molar-refractivity contribution in [1.29, 1.82) is 0 Å². The number of hydrogen-bond donors (Lipinski definition) is 1. The van der Waals surface area contributed by atoms with Crippen LogP contribution in [0.5, 0.6) is 0 Å². The molecule has 2 aromatic heterocycles. The van der Waals surface area contributed by atoms with Crippen molar-refractivity contribution in [3.8, 4) is 0 Å². The number of aliphatic hydroxyl groups excluding tert-OH is 1. The van der Waals surface area contributed by atoms with E-state index in [1.165, 1.54) is 23.0 Å². The Bertz CT molecular complexity index is 575. The first-order chi connectivity index (χ1) is 9.27. The normalized spacial score (nSPS) is 13.9. The van der Waals surface area contributed by atoms with Gasteiger partial charge in [0.1, 0.15) is 0 Å². The molecule has 8 heteroatoms. The molecule has 2 heterocycles. The van der Waals surface area contributed by atoms with Gasteiger partial charge < -0.3 is 14.2 Å². The zero-order valence-electron chi connectivity index (χ0n) is 10.9. The van der Waals surface area contributed by atoms with Crippen LogP contribution in [-0.2, 0) is 6.54 Å². The van der Waals surface area contributed by atoms with E-state index in [0.717, 1.165) is 0 Å². The van der Waals surface area contributed by atoms with Gasteiger partial charge in [0.2, 0.25) is 5.89 Å². The molecule has 110 valence electrons. The van der Waals surface area contributed by atoms with Crippen molar-refractivity contribution >= 4 is 0 Å². The van der Waals surface area contributed by atoms with Gasteiger partial charge in [-0.25, -0.2) is 0 Å². The summed E-state index contributed by atoms with van der Waals surface area (Å²) in [7, 11) is 0. The fourth-order valence-electron chi connectivity index (χ4n) is 1.64. The number of aromatic nitrogens is 3. The maximum absolute atomic E-state index is 12.4. The predicted octanol–water partition coefficient (Wildman–Crippen LogP) is 2.64. The largest absolute Gasteiger partial charge is 0.418 e. The van der Waals surface area contributed by atoms with E-state index < -0.39 is 12.3 Å². The molecule has 0 spiro atoms. The van der Waals surface area contributed by atoms with Crippen molar-refractivity contribution in [1.82, 2.24) is 14.7 Å². The van der Waals surface area contributed by atoms with Crippen LogP contribution in [0.2, 0.25) is 0 Å². The topological polar surface area (TPSA) is 64.1 Å². The smallest absolute Gasteiger partial charge is 0.379 e. The molecule has 0 bridgehead atoms. The van der Waals surface area contributed by atoms with Crippen LogP contribution in [0.3, 0.4) is 0 Å². The molecule has 0 saturated carbocycles. The summed E-state index contributed by atoms with van der Waals surface area (Å²) in [6, 6.07) is 1.21. The van der Waals surface area contributed by atoms with Crippen molar-refractivity contribution in [2.45, 2.75) is 38.6 Å². The van der Waals surface area contributed by atoms with Crippen LogP contribution in [0.4, 0.5) is 13.2 Å². The van der Waals surface area contributed by atoms with Gasteiger partial charge in [0.05, 0.1) is 6.54 Å². The third-order valence-electron chi connectivity index (χ3n) is 2.70. The lowest BCUT2D eigenvalue weighted by Gasteiger charge is -2.12. The van der Waals surface area contributed by atoms with Crippen LogP contribution in [0.25, 0.3) is 0 Å². The highest BCUT2D eigenvalue weighted by molar-refractivity contribution is 5.15. The molecule has 0 aliphatic heterocycles. The molecule has 2 rings (SSSR count). The lowest BCUT2D eigenvalue weighted by atomic mass is 10.2. The van der Waals surface area contributed by atoms with Gasteiger partial charge in [-0.2, -0.15) is 18.2 Å². The standard InChI is InChI=1S/C12H14F3N3O2/c1-7(2)11-16-9(17-20-11)6-18-4-3-8(5-18)10(19)12(13,14)15/h3-5,7,10,19H,6H2,1-2H3. The van der Waals surface area contributed by atoms with E-state index >= 15 is 0 Å². The molecule has 0 aliphatic rings. The number of halogens is 3. The first kappa shape index (κ1) is 14.6. The molecule has 0 fully saturated rings. The van der Waals surface area contributed by atoms with E-state index in [9.17, 15) is 13.2 Å². The second kappa shape index (κ2) is 5.28. The highest BCUT2D eigenvalue weighted by atomic mass is 19.4. The van der Waals surface area contributed by atoms with Crippen LogP contribution < -0.4 is 0 Å². The minimum absolute atomic E-state index is 0.0866. The summed E-state index contributed by atoms with van der Waals surface area (Å²) >= 11 is 0. The zero-order chi connectivity index (χ0) is 14.9. The molecule has 2 aromatic rings. The Morgan fingerprint density at radius 1 is 1.40 bits per heavy atom. The molecule has 0 radical (unpaired) electrons. The van der Waals surface area contributed by atoms with Crippen LogP contribution in [0.15, 0.2) is 23.0 Å². The Morgan fingerprint density at radius 3 is 2.65 bits per heavy atom. The Morgan fingerprint density at radius 2 is 2.10 bits per heavy atom. The number of rotatable bonds is 4. The maximum Gasteiger partial charge on any atom is 0.418 e. The average Bonchev–Trinajstić information content (AvgIpc) is 2.96. The molecular weight excluding hydrogens is 275 g/mol. The second-order valence-electron chi connectivity index (χ2n) is 4.76. The molecular formula is C12H14F3N3O2. The predicted molar refractivity (Wildman–Crippen MR) is 62.9 cm³/mol. The van der Waals surface area contributed by atoms with Gasteiger partial charge in [0.15, 0.2) is 11.9 Å². The molecule has 0 aromatic carbocycles. The fourth-order valence-corrected chi connectivity index (χ4v) is 1.64. The summed E-state index contributed by atoms with van der Waals surface area (Å²) in [5, 5.41) is 12.9. The summed E-state index contributed by atoms with van der Waals surface area (Å²) in [5.41, 5.74) is -0.218. The molecule has 20 heavy (non-hydrogen) atoms. The van der Waals surface area contributed by atoms with Crippen LogP contribution in [-0.4, -0.2) is 26.0 Å². The zero-order valence-corrected chi connectivity index (χ0v) is 10.9. The van der Waals surface area contributed by atoms with Crippen molar-refractivity contribution in [2.75, 3.05) is 0 Å². The van der Waals surface area contributed by atoms with E-state index in [0.29, 0.717) is 11.7 Å². The van der Waals surface area contributed by atoms with E-state index in [1.807, 2.05) is 13.8 Å².